The number of rotatable bonds is 7. The Bertz CT molecular complexity index is 738. The van der Waals surface area contributed by atoms with Crippen molar-refractivity contribution in [2.24, 2.45) is 10.7 Å². The quantitative estimate of drug-likeness (QED) is 0.517. The van der Waals surface area contributed by atoms with Gasteiger partial charge in [-0.3, -0.25) is 13.6 Å². The maximum Gasteiger partial charge on any atom is 0.270 e. The summed E-state index contributed by atoms with van der Waals surface area (Å²) in [6.45, 7) is 0. The van der Waals surface area contributed by atoms with E-state index in [-0.39, 0.29) is 13.6 Å². The number of nitrogens with zero attached hydrogens (tertiary/aromatic N) is 2. The van der Waals surface area contributed by atoms with Gasteiger partial charge < -0.3 is 11.1 Å². The van der Waals surface area contributed by atoms with E-state index in [1.54, 1.807) is 6.26 Å². The first-order valence-corrected chi connectivity index (χ1v) is 11.3. The monoisotopic (exact) mass is 396 g/mol. The average Bonchev–Trinajstić information content (AvgIpc) is 3.01. The van der Waals surface area contributed by atoms with E-state index in [4.69, 9.17) is 5.73 Å². The van der Waals surface area contributed by atoms with Crippen LogP contribution >= 0.6 is 23.5 Å². The highest BCUT2D eigenvalue weighted by Gasteiger charge is 2.22. The molecule has 1 atom stereocenters. The number of thioether (sulfide) groups is 2. The predicted molar refractivity (Wildman–Crippen MR) is 103 cm³/mol. The molecule has 0 spiro atoms. The number of amides is 2. The molecule has 0 aliphatic heterocycles. The summed E-state index contributed by atoms with van der Waals surface area (Å²) in [5.74, 6) is -0.433. The van der Waals surface area contributed by atoms with Crippen molar-refractivity contribution in [3.8, 4) is 0 Å². The summed E-state index contributed by atoms with van der Waals surface area (Å²) < 4.78 is 23.8. The molecule has 24 heavy (non-hydrogen) atoms. The van der Waals surface area contributed by atoms with Gasteiger partial charge in [0.15, 0.2) is 5.17 Å². The van der Waals surface area contributed by atoms with Gasteiger partial charge in [-0.25, -0.2) is 8.42 Å². The van der Waals surface area contributed by atoms with Gasteiger partial charge in [0.25, 0.3) is 11.8 Å². The summed E-state index contributed by atoms with van der Waals surface area (Å²) in [7, 11) is -3.47. The van der Waals surface area contributed by atoms with Crippen molar-refractivity contribution in [1.29, 1.82) is 0 Å². The van der Waals surface area contributed by atoms with Gasteiger partial charge in [0.05, 0.1) is 11.8 Å². The Morgan fingerprint density at radius 3 is 2.62 bits per heavy atom. The van der Waals surface area contributed by atoms with E-state index in [9.17, 15) is 18.0 Å². The van der Waals surface area contributed by atoms with Crippen LogP contribution in [0.15, 0.2) is 23.5 Å². The minimum Gasteiger partial charge on any atom is -0.378 e. The zero-order valence-corrected chi connectivity index (χ0v) is 16.0. The summed E-state index contributed by atoms with van der Waals surface area (Å²) in [6, 6.07) is 0.545. The topological polar surface area (TPSA) is 124 Å². The highest BCUT2D eigenvalue weighted by atomic mass is 32.2. The Morgan fingerprint density at radius 1 is 1.46 bits per heavy atom. The third-order valence-corrected chi connectivity index (χ3v) is 5.10. The van der Waals surface area contributed by atoms with Crippen molar-refractivity contribution in [3.05, 3.63) is 24.0 Å². The van der Waals surface area contributed by atoms with Gasteiger partial charge in [-0.05, 0) is 30.8 Å². The first-order valence-electron chi connectivity index (χ1n) is 6.79. The lowest BCUT2D eigenvalue weighted by Gasteiger charge is -2.14. The van der Waals surface area contributed by atoms with Gasteiger partial charge in [0.2, 0.25) is 10.0 Å². The molecule has 1 heterocycles. The lowest BCUT2D eigenvalue weighted by molar-refractivity contribution is -0.119. The molecule has 138 valence electrons. The summed E-state index contributed by atoms with van der Waals surface area (Å²) in [4.78, 5) is 28.1. The molecule has 0 aliphatic carbocycles. The number of nitrogens with one attached hydrogen (secondary N) is 1. The largest absolute Gasteiger partial charge is 0.378 e. The van der Waals surface area contributed by atoms with Gasteiger partial charge in [-0.15, -0.1) is 0 Å². The molecule has 0 saturated carbocycles. The highest BCUT2D eigenvalue weighted by molar-refractivity contribution is 8.13. The van der Waals surface area contributed by atoms with Crippen LogP contribution in [0, 0.1) is 0 Å². The van der Waals surface area contributed by atoms with Crippen LogP contribution in [0.25, 0.3) is 0 Å². The lowest BCUT2D eigenvalue weighted by Crippen LogP contribution is -2.41. The number of hydrogen-bond donors (Lipinski definition) is 2. The first kappa shape index (κ1) is 20.6. The Morgan fingerprint density at radius 2 is 2.12 bits per heavy atom. The predicted octanol–water partition coefficient (Wildman–Crippen LogP) is 0.844. The Hall–Kier alpha value is -1.46. The fraction of sp³-hybridized carbons (Fsp3) is 0.462. The Kier molecular flexibility index (Phi) is 7.84. The second-order valence-corrected chi connectivity index (χ2v) is 8.49. The first-order chi connectivity index (χ1) is 11.2. The Labute approximate surface area is 152 Å². The molecule has 1 rings (SSSR count). The van der Waals surface area contributed by atoms with Gasteiger partial charge in [0.1, 0.15) is 6.04 Å². The normalized spacial score (nSPS) is 13.5. The van der Waals surface area contributed by atoms with Crippen LogP contribution in [-0.4, -0.2) is 59.9 Å². The van der Waals surface area contributed by atoms with Crippen molar-refractivity contribution >= 4 is 50.5 Å². The maximum atomic E-state index is 12.3. The fourth-order valence-electron chi connectivity index (χ4n) is 1.68. The maximum absolute atomic E-state index is 12.3. The molecule has 1 aromatic rings. The zero-order valence-electron chi connectivity index (χ0n) is 13.6. The number of aromatic nitrogens is 1. The molecule has 1 unspecified atom stereocenters. The molecular weight excluding hydrogens is 372 g/mol. The van der Waals surface area contributed by atoms with Crippen molar-refractivity contribution < 1.29 is 20.9 Å². The number of amidine groups is 1. The van der Waals surface area contributed by atoms with Crippen molar-refractivity contribution in [3.63, 3.8) is 0 Å². The van der Waals surface area contributed by atoms with E-state index in [2.05, 4.69) is 10.3 Å². The number of hydrogen-bond acceptors (Lipinski definition) is 6. The number of nitrogens with two attached hydrogens (primary N) is 1. The van der Waals surface area contributed by atoms with Crippen LogP contribution in [0.3, 0.4) is 0 Å². The van der Waals surface area contributed by atoms with E-state index < -0.39 is 27.9 Å². The van der Waals surface area contributed by atoms with Crippen LogP contribution in [0.4, 0.5) is 0 Å². The van der Waals surface area contributed by atoms with Gasteiger partial charge >= 0.3 is 0 Å². The van der Waals surface area contributed by atoms with E-state index in [0.717, 1.165) is 22.0 Å². The molecule has 8 nitrogen and oxygen atoms in total. The van der Waals surface area contributed by atoms with Gasteiger partial charge in [0, 0.05) is 15.2 Å². The SMILES string of the molecule is CSCCC(NC(=O)c1ccn(S(C)(=O)=O)c1)C(=O)N=C(N)SC.[HH].[HH]. The lowest BCUT2D eigenvalue weighted by atomic mass is 10.2. The minimum absolute atomic E-state index is 0. The molecule has 0 saturated heterocycles. The van der Waals surface area contributed by atoms with E-state index >= 15 is 0 Å². The summed E-state index contributed by atoms with van der Waals surface area (Å²) in [6.07, 6.45) is 7.46. The van der Waals surface area contributed by atoms with Crippen molar-refractivity contribution in [2.45, 2.75) is 12.5 Å². The summed E-state index contributed by atoms with van der Waals surface area (Å²) in [5, 5.41) is 2.70. The summed E-state index contributed by atoms with van der Waals surface area (Å²) >= 11 is 2.67. The molecule has 0 radical (unpaired) electrons. The van der Waals surface area contributed by atoms with Gasteiger partial charge in [-0.1, -0.05) is 11.8 Å². The van der Waals surface area contributed by atoms with Crippen molar-refractivity contribution in [1.82, 2.24) is 9.29 Å². The van der Waals surface area contributed by atoms with Crippen LogP contribution in [-0.2, 0) is 14.8 Å². The smallest absolute Gasteiger partial charge is 0.270 e. The molecule has 11 heteroatoms. The number of aliphatic imine (C=N–C) groups is 1. The molecule has 0 fully saturated rings. The van der Waals surface area contributed by atoms with Crippen LogP contribution in [0.5, 0.6) is 0 Å². The third-order valence-electron chi connectivity index (χ3n) is 2.96. The zero-order chi connectivity index (χ0) is 18.3. The van der Waals surface area contributed by atoms with E-state index in [1.165, 1.54) is 30.2 Å². The highest BCUT2D eigenvalue weighted by Crippen LogP contribution is 2.08. The molecule has 2 amide bonds. The second kappa shape index (κ2) is 9.14. The van der Waals surface area contributed by atoms with E-state index in [0.29, 0.717) is 12.2 Å². The van der Waals surface area contributed by atoms with Crippen LogP contribution in [0.1, 0.15) is 19.6 Å². The standard InChI is InChI=1S/C13H20N4O4S3.2H2/c1-22-7-5-10(12(19)16-13(14)23-2)15-11(18)9-4-6-17(8-9)24(3,20)21;;/h4,6,8,10H,5,7H2,1-3H3,(H,15,18)(H2,14,16,19);2*1H. The fourth-order valence-corrected chi connectivity index (χ4v) is 2.92. The summed E-state index contributed by atoms with van der Waals surface area (Å²) in [5.41, 5.74) is 5.68. The number of carbonyl (C=O) groups excluding carboxylic acids is 2. The molecule has 1 aromatic heterocycles. The van der Waals surface area contributed by atoms with Crippen LogP contribution in [0.2, 0.25) is 0 Å². The molecule has 0 bridgehead atoms. The number of carbonyl (C=O) groups is 2. The average molecular weight is 397 g/mol. The third kappa shape index (κ3) is 6.21. The molecule has 0 aliphatic rings. The Balaban J connectivity index is 0. The minimum atomic E-state index is -3.47. The van der Waals surface area contributed by atoms with Crippen LogP contribution < -0.4 is 11.1 Å². The molecule has 0 aromatic carbocycles. The van der Waals surface area contributed by atoms with Crippen molar-refractivity contribution in [2.75, 3.05) is 24.5 Å². The molecular formula is C13H24N4O4S3. The van der Waals surface area contributed by atoms with Gasteiger partial charge in [-0.2, -0.15) is 16.8 Å². The molecule has 3 N–H and O–H groups in total. The second-order valence-electron chi connectivity index (χ2n) is 4.79. The van der Waals surface area contributed by atoms with E-state index in [1.807, 2.05) is 6.26 Å².